The summed E-state index contributed by atoms with van der Waals surface area (Å²) in [6, 6.07) is 6.62. The van der Waals surface area contributed by atoms with E-state index in [9.17, 15) is 9.18 Å². The van der Waals surface area contributed by atoms with Crippen molar-refractivity contribution in [1.29, 1.82) is 5.26 Å². The Morgan fingerprint density at radius 1 is 1.53 bits per heavy atom. The average Bonchev–Trinajstić information content (AvgIpc) is 2.31. The van der Waals surface area contributed by atoms with Crippen molar-refractivity contribution in [2.24, 2.45) is 0 Å². The van der Waals surface area contributed by atoms with Gasteiger partial charge in [-0.2, -0.15) is 5.26 Å². The number of benzene rings is 1. The number of rotatable bonds is 5. The van der Waals surface area contributed by atoms with E-state index in [-0.39, 0.29) is 24.7 Å². The Bertz CT molecular complexity index is 440. The highest BCUT2D eigenvalue weighted by Gasteiger charge is 2.02. The molecule has 0 aliphatic rings. The number of nitriles is 1. The summed E-state index contributed by atoms with van der Waals surface area (Å²) in [5.74, 6) is -0.527. The van der Waals surface area contributed by atoms with E-state index in [0.29, 0.717) is 17.8 Å². The fourth-order valence-corrected chi connectivity index (χ4v) is 1.21. The summed E-state index contributed by atoms with van der Waals surface area (Å²) in [4.78, 5) is 11.3. The predicted octanol–water partition coefficient (Wildman–Crippen LogP) is 1.58. The van der Waals surface area contributed by atoms with E-state index in [1.807, 2.05) is 6.07 Å². The number of nitrogens with zero attached hydrogens (tertiary/aromatic N) is 1. The minimum atomic E-state index is -0.306. The lowest BCUT2D eigenvalue weighted by atomic mass is 10.2. The topological polar surface area (TPSA) is 64.9 Å². The Morgan fingerprint density at radius 2 is 2.29 bits per heavy atom. The standard InChI is InChI=1S/C12H14FN3O/c1-9-3-4-10(7-11(9)13)16-8-12(17)15-6-2-5-14/h3-4,7,16H,2,6,8H2,1H3,(H,15,17). The van der Waals surface area contributed by atoms with Gasteiger partial charge < -0.3 is 10.6 Å². The number of hydrogen-bond acceptors (Lipinski definition) is 3. The van der Waals surface area contributed by atoms with Crippen LogP contribution in [0.1, 0.15) is 12.0 Å². The van der Waals surface area contributed by atoms with Gasteiger partial charge in [-0.25, -0.2) is 4.39 Å². The monoisotopic (exact) mass is 235 g/mol. The molecule has 0 fully saturated rings. The van der Waals surface area contributed by atoms with Crippen LogP contribution in [-0.4, -0.2) is 19.0 Å². The van der Waals surface area contributed by atoms with Gasteiger partial charge in [-0.15, -0.1) is 0 Å². The molecule has 0 bridgehead atoms. The molecule has 0 atom stereocenters. The van der Waals surface area contributed by atoms with Crippen LogP contribution in [0.4, 0.5) is 10.1 Å². The molecule has 0 heterocycles. The molecular weight excluding hydrogens is 221 g/mol. The molecule has 0 aliphatic carbocycles. The quantitative estimate of drug-likeness (QED) is 0.761. The number of carbonyl (C=O) groups excluding carboxylic acids is 1. The molecule has 4 nitrogen and oxygen atoms in total. The van der Waals surface area contributed by atoms with Gasteiger partial charge in [-0.3, -0.25) is 4.79 Å². The number of aryl methyl sites for hydroxylation is 1. The predicted molar refractivity (Wildman–Crippen MR) is 62.9 cm³/mol. The minimum Gasteiger partial charge on any atom is -0.376 e. The first-order valence-corrected chi connectivity index (χ1v) is 5.27. The van der Waals surface area contributed by atoms with E-state index in [2.05, 4.69) is 10.6 Å². The van der Waals surface area contributed by atoms with Crippen molar-refractivity contribution < 1.29 is 9.18 Å². The lowest BCUT2D eigenvalue weighted by molar-refractivity contribution is -0.119. The number of nitrogens with one attached hydrogen (secondary N) is 2. The van der Waals surface area contributed by atoms with Crippen LogP contribution in [0.5, 0.6) is 0 Å². The molecule has 0 aromatic heterocycles. The first-order chi connectivity index (χ1) is 8.13. The van der Waals surface area contributed by atoms with Gasteiger partial charge in [-0.05, 0) is 24.6 Å². The minimum absolute atomic E-state index is 0.0634. The molecule has 0 radical (unpaired) electrons. The maximum absolute atomic E-state index is 13.2. The normalized spacial score (nSPS) is 9.47. The molecule has 0 aliphatic heterocycles. The fraction of sp³-hybridized carbons (Fsp3) is 0.333. The largest absolute Gasteiger partial charge is 0.376 e. The molecule has 0 saturated heterocycles. The van der Waals surface area contributed by atoms with Crippen LogP contribution in [0.15, 0.2) is 18.2 Å². The van der Waals surface area contributed by atoms with Gasteiger partial charge in [0.2, 0.25) is 5.91 Å². The zero-order valence-corrected chi connectivity index (χ0v) is 9.59. The summed E-state index contributed by atoms with van der Waals surface area (Å²) in [6.45, 7) is 2.07. The highest BCUT2D eigenvalue weighted by molar-refractivity contribution is 5.80. The van der Waals surface area contributed by atoms with Crippen LogP contribution in [0.25, 0.3) is 0 Å². The van der Waals surface area contributed by atoms with Crippen molar-refractivity contribution in [3.63, 3.8) is 0 Å². The number of amides is 1. The maximum atomic E-state index is 13.2. The second-order valence-corrected chi connectivity index (χ2v) is 3.58. The Kier molecular flexibility index (Phi) is 4.95. The van der Waals surface area contributed by atoms with Gasteiger partial charge in [0.05, 0.1) is 19.0 Å². The smallest absolute Gasteiger partial charge is 0.239 e. The number of halogens is 1. The third-order valence-electron chi connectivity index (χ3n) is 2.18. The van der Waals surface area contributed by atoms with E-state index in [0.717, 1.165) is 0 Å². The summed E-state index contributed by atoms with van der Waals surface area (Å²) in [5.41, 5.74) is 1.12. The van der Waals surface area contributed by atoms with Crippen molar-refractivity contribution in [3.05, 3.63) is 29.6 Å². The third kappa shape index (κ3) is 4.51. The Labute approximate surface area is 99.4 Å². The van der Waals surface area contributed by atoms with Gasteiger partial charge in [0.1, 0.15) is 5.82 Å². The van der Waals surface area contributed by atoms with Crippen molar-refractivity contribution in [2.45, 2.75) is 13.3 Å². The zero-order chi connectivity index (χ0) is 12.7. The summed E-state index contributed by atoms with van der Waals surface area (Å²) >= 11 is 0. The van der Waals surface area contributed by atoms with Gasteiger partial charge in [0.15, 0.2) is 0 Å². The van der Waals surface area contributed by atoms with Gasteiger partial charge in [-0.1, -0.05) is 6.07 Å². The first kappa shape index (κ1) is 13.0. The zero-order valence-electron chi connectivity index (χ0n) is 9.59. The third-order valence-corrected chi connectivity index (χ3v) is 2.18. The van der Waals surface area contributed by atoms with Crippen molar-refractivity contribution in [2.75, 3.05) is 18.4 Å². The highest BCUT2D eigenvalue weighted by atomic mass is 19.1. The summed E-state index contributed by atoms with van der Waals surface area (Å²) < 4.78 is 13.2. The molecule has 17 heavy (non-hydrogen) atoms. The molecule has 5 heteroatoms. The second-order valence-electron chi connectivity index (χ2n) is 3.58. The summed E-state index contributed by atoms with van der Waals surface area (Å²) in [5, 5.41) is 13.7. The van der Waals surface area contributed by atoms with E-state index in [1.165, 1.54) is 6.07 Å². The highest BCUT2D eigenvalue weighted by Crippen LogP contribution is 2.12. The van der Waals surface area contributed by atoms with E-state index >= 15 is 0 Å². The SMILES string of the molecule is Cc1ccc(NCC(=O)NCCC#N)cc1F. The Balaban J connectivity index is 2.37. The molecule has 2 N–H and O–H groups in total. The van der Waals surface area contributed by atoms with Crippen LogP contribution < -0.4 is 10.6 Å². The van der Waals surface area contributed by atoms with Crippen LogP contribution in [-0.2, 0) is 4.79 Å². The summed E-state index contributed by atoms with van der Waals surface area (Å²) in [7, 11) is 0. The Hall–Kier alpha value is -2.09. The summed E-state index contributed by atoms with van der Waals surface area (Å²) in [6.07, 6.45) is 0.283. The van der Waals surface area contributed by atoms with E-state index in [4.69, 9.17) is 5.26 Å². The van der Waals surface area contributed by atoms with Gasteiger partial charge in [0.25, 0.3) is 0 Å². The first-order valence-electron chi connectivity index (χ1n) is 5.27. The van der Waals surface area contributed by atoms with E-state index < -0.39 is 0 Å². The molecule has 0 saturated carbocycles. The molecule has 0 unspecified atom stereocenters. The number of carbonyl (C=O) groups is 1. The molecule has 90 valence electrons. The molecule has 1 amide bonds. The van der Waals surface area contributed by atoms with Gasteiger partial charge in [0, 0.05) is 12.2 Å². The maximum Gasteiger partial charge on any atom is 0.239 e. The van der Waals surface area contributed by atoms with Crippen molar-refractivity contribution >= 4 is 11.6 Å². The van der Waals surface area contributed by atoms with Crippen LogP contribution in [0.3, 0.4) is 0 Å². The number of hydrogen-bond donors (Lipinski definition) is 2. The number of anilines is 1. The molecular formula is C12H14FN3O. The molecule has 1 aromatic carbocycles. The Morgan fingerprint density at radius 3 is 2.94 bits per heavy atom. The van der Waals surface area contributed by atoms with E-state index in [1.54, 1.807) is 19.1 Å². The lowest BCUT2D eigenvalue weighted by Gasteiger charge is -2.07. The van der Waals surface area contributed by atoms with Crippen molar-refractivity contribution in [3.8, 4) is 6.07 Å². The van der Waals surface area contributed by atoms with Crippen LogP contribution >= 0.6 is 0 Å². The molecule has 1 rings (SSSR count). The average molecular weight is 235 g/mol. The molecule has 0 spiro atoms. The molecule has 1 aromatic rings. The van der Waals surface area contributed by atoms with Crippen LogP contribution in [0, 0.1) is 24.1 Å². The lowest BCUT2D eigenvalue weighted by Crippen LogP contribution is -2.30. The second kappa shape index (κ2) is 6.48. The van der Waals surface area contributed by atoms with Crippen LogP contribution in [0.2, 0.25) is 0 Å². The van der Waals surface area contributed by atoms with Crippen molar-refractivity contribution in [1.82, 2.24) is 5.32 Å². The van der Waals surface area contributed by atoms with Gasteiger partial charge >= 0.3 is 0 Å². The fourth-order valence-electron chi connectivity index (χ4n) is 1.21.